The highest BCUT2D eigenvalue weighted by Crippen LogP contribution is 2.33. The fourth-order valence-electron chi connectivity index (χ4n) is 3.28. The Hall–Kier alpha value is -2.08. The summed E-state index contributed by atoms with van der Waals surface area (Å²) in [4.78, 5) is 19.4. The lowest BCUT2D eigenvalue weighted by Crippen LogP contribution is -2.49. The van der Waals surface area contributed by atoms with E-state index >= 15 is 0 Å². The third-order valence-electron chi connectivity index (χ3n) is 4.50. The third-order valence-corrected chi connectivity index (χ3v) is 5.63. The summed E-state index contributed by atoms with van der Waals surface area (Å²) in [5.74, 6) is 1.70. The van der Waals surface area contributed by atoms with Gasteiger partial charge in [0.05, 0.1) is 5.01 Å². The maximum atomic E-state index is 12.8. The van der Waals surface area contributed by atoms with E-state index in [0.29, 0.717) is 24.0 Å². The molecule has 2 aromatic rings. The Bertz CT molecular complexity index is 745. The molecule has 1 fully saturated rings. The second kappa shape index (κ2) is 6.43. The normalized spacial score (nSPS) is 23.1. The smallest absolute Gasteiger partial charge is 0.267 e. The number of hydrogen-bond donors (Lipinski definition) is 0. The zero-order chi connectivity index (χ0) is 16.5. The van der Waals surface area contributed by atoms with Crippen LogP contribution < -0.4 is 9.47 Å². The molecule has 126 valence electrons. The number of likely N-dealkylation sites (tertiary alicyclic amines) is 1. The summed E-state index contributed by atoms with van der Waals surface area (Å²) in [6.07, 6.45) is 1.53. The van der Waals surface area contributed by atoms with Crippen LogP contribution in [-0.2, 0) is 4.79 Å². The molecule has 0 spiro atoms. The summed E-state index contributed by atoms with van der Waals surface area (Å²) >= 11 is 1.69. The molecular weight excluding hydrogens is 324 g/mol. The number of carbonyl (C=O) groups excluding carboxylic acids is 1. The molecule has 5 nitrogen and oxygen atoms in total. The van der Waals surface area contributed by atoms with E-state index in [1.807, 2.05) is 36.1 Å². The van der Waals surface area contributed by atoms with Crippen LogP contribution in [-0.4, -0.2) is 41.6 Å². The number of rotatable bonds is 2. The van der Waals surface area contributed by atoms with Crippen LogP contribution in [0.5, 0.6) is 11.5 Å². The first-order chi connectivity index (χ1) is 11.7. The molecule has 2 aliphatic heterocycles. The Morgan fingerprint density at radius 2 is 2.17 bits per heavy atom. The number of aryl methyl sites for hydroxylation is 1. The summed E-state index contributed by atoms with van der Waals surface area (Å²) in [6.45, 7) is 3.78. The molecule has 1 amide bonds. The molecular formula is C18H20N2O3S. The van der Waals surface area contributed by atoms with Gasteiger partial charge in [-0.15, -0.1) is 11.3 Å². The summed E-state index contributed by atoms with van der Waals surface area (Å²) in [5, 5.41) is 3.21. The highest BCUT2D eigenvalue weighted by molar-refractivity contribution is 7.09. The summed E-state index contributed by atoms with van der Waals surface area (Å²) in [7, 11) is 0. The van der Waals surface area contributed by atoms with E-state index in [2.05, 4.69) is 10.4 Å². The van der Waals surface area contributed by atoms with Crippen LogP contribution in [0.1, 0.15) is 29.5 Å². The Morgan fingerprint density at radius 1 is 1.33 bits per heavy atom. The van der Waals surface area contributed by atoms with Crippen LogP contribution >= 0.6 is 11.3 Å². The molecule has 4 rings (SSSR count). The van der Waals surface area contributed by atoms with E-state index in [1.54, 1.807) is 11.3 Å². The Balaban J connectivity index is 1.45. The lowest BCUT2D eigenvalue weighted by molar-refractivity contribution is -0.142. The molecule has 0 saturated carbocycles. The Labute approximate surface area is 145 Å². The number of amides is 1. The van der Waals surface area contributed by atoms with E-state index in [9.17, 15) is 4.79 Å². The predicted octanol–water partition coefficient (Wildman–Crippen LogP) is 3.00. The molecule has 24 heavy (non-hydrogen) atoms. The number of carbonyl (C=O) groups is 1. The fourth-order valence-corrected chi connectivity index (χ4v) is 4.21. The van der Waals surface area contributed by atoms with Gasteiger partial charge in [-0.1, -0.05) is 12.1 Å². The van der Waals surface area contributed by atoms with Crippen molar-refractivity contribution in [2.24, 2.45) is 0 Å². The minimum Gasteiger partial charge on any atom is -0.485 e. The van der Waals surface area contributed by atoms with Crippen molar-refractivity contribution in [1.82, 2.24) is 9.88 Å². The van der Waals surface area contributed by atoms with Gasteiger partial charge in [0.25, 0.3) is 5.91 Å². The molecule has 0 aliphatic carbocycles. The molecule has 0 radical (unpaired) electrons. The first-order valence-corrected chi connectivity index (χ1v) is 9.18. The molecule has 1 saturated heterocycles. The number of hydrogen-bond acceptors (Lipinski definition) is 5. The van der Waals surface area contributed by atoms with Crippen LogP contribution in [0.15, 0.2) is 29.6 Å². The second-order valence-corrected chi connectivity index (χ2v) is 7.20. The van der Waals surface area contributed by atoms with Gasteiger partial charge in [-0.25, -0.2) is 4.98 Å². The molecule has 0 bridgehead atoms. The van der Waals surface area contributed by atoms with Gasteiger partial charge in [-0.05, 0) is 31.9 Å². The molecule has 1 aromatic carbocycles. The van der Waals surface area contributed by atoms with Crippen molar-refractivity contribution in [2.45, 2.75) is 31.8 Å². The van der Waals surface area contributed by atoms with Gasteiger partial charge < -0.3 is 14.4 Å². The minimum atomic E-state index is -0.559. The summed E-state index contributed by atoms with van der Waals surface area (Å²) in [5.41, 5.74) is 1.05. The van der Waals surface area contributed by atoms with Gasteiger partial charge in [0, 0.05) is 30.1 Å². The number of piperidine rings is 1. The van der Waals surface area contributed by atoms with Crippen molar-refractivity contribution >= 4 is 17.2 Å². The maximum absolute atomic E-state index is 12.8. The summed E-state index contributed by atoms with van der Waals surface area (Å²) in [6, 6.07) is 7.48. The quantitative estimate of drug-likeness (QED) is 0.840. The maximum Gasteiger partial charge on any atom is 0.267 e. The predicted molar refractivity (Wildman–Crippen MR) is 91.8 cm³/mol. The lowest BCUT2D eigenvalue weighted by Gasteiger charge is -2.35. The van der Waals surface area contributed by atoms with Crippen molar-refractivity contribution < 1.29 is 14.3 Å². The number of para-hydroxylation sites is 2. The lowest BCUT2D eigenvalue weighted by atomic mass is 9.98. The first kappa shape index (κ1) is 15.4. The van der Waals surface area contributed by atoms with E-state index in [4.69, 9.17) is 9.47 Å². The third kappa shape index (κ3) is 2.98. The molecule has 0 unspecified atom stereocenters. The van der Waals surface area contributed by atoms with Crippen LogP contribution in [0.2, 0.25) is 0 Å². The number of thiazole rings is 1. The van der Waals surface area contributed by atoms with Crippen molar-refractivity contribution in [3.05, 3.63) is 40.3 Å². The van der Waals surface area contributed by atoms with Gasteiger partial charge >= 0.3 is 0 Å². The molecule has 2 atom stereocenters. The zero-order valence-electron chi connectivity index (χ0n) is 13.6. The molecule has 0 N–H and O–H groups in total. The van der Waals surface area contributed by atoms with Crippen molar-refractivity contribution in [3.8, 4) is 11.5 Å². The molecule has 1 aromatic heterocycles. The van der Waals surface area contributed by atoms with Gasteiger partial charge in [0.15, 0.2) is 11.5 Å². The highest BCUT2D eigenvalue weighted by atomic mass is 32.1. The number of benzene rings is 1. The van der Waals surface area contributed by atoms with Gasteiger partial charge in [0.1, 0.15) is 6.61 Å². The largest absolute Gasteiger partial charge is 0.485 e. The average molecular weight is 344 g/mol. The van der Waals surface area contributed by atoms with E-state index in [1.165, 1.54) is 0 Å². The van der Waals surface area contributed by atoms with Crippen LogP contribution in [0.4, 0.5) is 0 Å². The van der Waals surface area contributed by atoms with Crippen LogP contribution in [0.25, 0.3) is 0 Å². The van der Waals surface area contributed by atoms with E-state index in [0.717, 1.165) is 30.1 Å². The fraction of sp³-hybridized carbons (Fsp3) is 0.444. The van der Waals surface area contributed by atoms with Gasteiger partial charge in [-0.2, -0.15) is 0 Å². The summed E-state index contributed by atoms with van der Waals surface area (Å²) < 4.78 is 11.5. The molecule has 6 heteroatoms. The van der Waals surface area contributed by atoms with Gasteiger partial charge in [0.2, 0.25) is 6.10 Å². The number of ether oxygens (including phenoxy) is 2. The number of fused-ring (bicyclic) bond motifs is 1. The topological polar surface area (TPSA) is 51.7 Å². The standard InChI is InChI=1S/C18H20N2O3S/c1-12-11-24-17(19-12)13-5-4-8-20(9-13)18(21)16-10-22-14-6-2-3-7-15(14)23-16/h2-3,6-7,11,13,16H,4-5,8-10H2,1H3/t13-,16+/m1/s1. The Kier molecular flexibility index (Phi) is 4.14. The van der Waals surface area contributed by atoms with Crippen molar-refractivity contribution in [3.63, 3.8) is 0 Å². The molecule has 3 heterocycles. The Morgan fingerprint density at radius 3 is 2.96 bits per heavy atom. The zero-order valence-corrected chi connectivity index (χ0v) is 14.4. The van der Waals surface area contributed by atoms with Crippen LogP contribution in [0, 0.1) is 6.92 Å². The highest BCUT2D eigenvalue weighted by Gasteiger charge is 2.34. The SMILES string of the molecule is Cc1csc([C@@H]2CCCN(C(=O)[C@@H]3COc4ccccc4O3)C2)n1. The van der Waals surface area contributed by atoms with Crippen LogP contribution in [0.3, 0.4) is 0 Å². The van der Waals surface area contributed by atoms with Crippen molar-refractivity contribution in [2.75, 3.05) is 19.7 Å². The average Bonchev–Trinajstić information content (AvgIpc) is 3.07. The second-order valence-electron chi connectivity index (χ2n) is 6.31. The van der Waals surface area contributed by atoms with Gasteiger partial charge in [-0.3, -0.25) is 4.79 Å². The monoisotopic (exact) mass is 344 g/mol. The van der Waals surface area contributed by atoms with Crippen molar-refractivity contribution in [1.29, 1.82) is 0 Å². The number of nitrogens with zero attached hydrogens (tertiary/aromatic N) is 2. The van der Waals surface area contributed by atoms with E-state index < -0.39 is 6.10 Å². The number of aromatic nitrogens is 1. The molecule has 2 aliphatic rings. The minimum absolute atomic E-state index is 0.0162. The first-order valence-electron chi connectivity index (χ1n) is 8.30. The van der Waals surface area contributed by atoms with E-state index in [-0.39, 0.29) is 12.5 Å².